The Morgan fingerprint density at radius 2 is 2.21 bits per heavy atom. The molecule has 0 heterocycles. The fourth-order valence-electron chi connectivity index (χ4n) is 1.13. The van der Waals surface area contributed by atoms with Gasteiger partial charge in [-0.1, -0.05) is 17.7 Å². The quantitative estimate of drug-likeness (QED) is 0.700. The van der Waals surface area contributed by atoms with Crippen molar-refractivity contribution in [1.29, 1.82) is 0 Å². The third-order valence-corrected chi connectivity index (χ3v) is 2.11. The lowest BCUT2D eigenvalue weighted by molar-refractivity contribution is -0.138. The van der Waals surface area contributed by atoms with Gasteiger partial charge in [-0.2, -0.15) is 0 Å². The first kappa shape index (κ1) is 11.0. The summed E-state index contributed by atoms with van der Waals surface area (Å²) in [6.07, 6.45) is 0. The molecule has 5 heteroatoms. The van der Waals surface area contributed by atoms with Crippen LogP contribution in [-0.4, -0.2) is 16.2 Å². The molecule has 1 aromatic carbocycles. The summed E-state index contributed by atoms with van der Waals surface area (Å²) in [7, 11) is 0. The van der Waals surface area contributed by atoms with Gasteiger partial charge in [-0.15, -0.1) is 0 Å². The minimum atomic E-state index is -1.16. The first-order valence-electron chi connectivity index (χ1n) is 3.94. The van der Waals surface area contributed by atoms with E-state index >= 15 is 0 Å². The van der Waals surface area contributed by atoms with E-state index in [1.54, 1.807) is 12.1 Å². The lowest BCUT2D eigenvalue weighted by Crippen LogP contribution is -2.22. The predicted molar refractivity (Wildman–Crippen MR) is 51.9 cm³/mol. The highest BCUT2D eigenvalue weighted by Gasteiger charge is 2.17. The molecule has 4 nitrogen and oxygen atoms in total. The van der Waals surface area contributed by atoms with Crippen LogP contribution >= 0.6 is 11.6 Å². The molecule has 0 unspecified atom stereocenters. The Morgan fingerprint density at radius 1 is 1.57 bits per heavy atom. The van der Waals surface area contributed by atoms with E-state index in [9.17, 15) is 4.79 Å². The summed E-state index contributed by atoms with van der Waals surface area (Å²) in [5.41, 5.74) is 6.23. The van der Waals surface area contributed by atoms with Gasteiger partial charge in [0.05, 0.1) is 6.61 Å². The van der Waals surface area contributed by atoms with Crippen molar-refractivity contribution in [2.45, 2.75) is 12.6 Å². The summed E-state index contributed by atoms with van der Waals surface area (Å²) >= 11 is 5.69. The molecule has 0 aliphatic carbocycles. The van der Waals surface area contributed by atoms with E-state index in [1.165, 1.54) is 6.07 Å². The lowest BCUT2D eigenvalue weighted by atomic mass is 10.0. The second kappa shape index (κ2) is 4.41. The van der Waals surface area contributed by atoms with E-state index in [0.29, 0.717) is 16.1 Å². The minimum Gasteiger partial charge on any atom is -0.480 e. The molecule has 4 N–H and O–H groups in total. The fourth-order valence-corrected chi connectivity index (χ4v) is 1.31. The van der Waals surface area contributed by atoms with E-state index in [4.69, 9.17) is 27.5 Å². The van der Waals surface area contributed by atoms with Crippen LogP contribution in [0, 0.1) is 0 Å². The standard InChI is InChI=1S/C9H10ClNO3/c10-6-2-1-5(4-12)7(3-6)8(11)9(13)14/h1-3,8,12H,4,11H2,(H,13,14)/t8-/m1/s1. The molecule has 0 aromatic heterocycles. The fraction of sp³-hybridized carbons (Fsp3) is 0.222. The van der Waals surface area contributed by atoms with Gasteiger partial charge in [-0.3, -0.25) is 4.79 Å². The highest BCUT2D eigenvalue weighted by atomic mass is 35.5. The molecule has 1 rings (SSSR count). The maximum Gasteiger partial charge on any atom is 0.325 e. The van der Waals surface area contributed by atoms with Gasteiger partial charge < -0.3 is 15.9 Å². The SMILES string of the molecule is N[C@@H](C(=O)O)c1cc(Cl)ccc1CO. The number of rotatable bonds is 3. The highest BCUT2D eigenvalue weighted by Crippen LogP contribution is 2.21. The van der Waals surface area contributed by atoms with Gasteiger partial charge in [0.2, 0.25) is 0 Å². The molecule has 14 heavy (non-hydrogen) atoms. The second-order valence-electron chi connectivity index (χ2n) is 2.82. The van der Waals surface area contributed by atoms with Crippen molar-refractivity contribution in [3.8, 4) is 0 Å². The molecule has 0 radical (unpaired) electrons. The van der Waals surface area contributed by atoms with Crippen molar-refractivity contribution in [1.82, 2.24) is 0 Å². The Bertz CT molecular complexity index is 354. The largest absolute Gasteiger partial charge is 0.480 e. The molecule has 1 atom stereocenters. The van der Waals surface area contributed by atoms with Gasteiger partial charge in [0, 0.05) is 5.02 Å². The Balaban J connectivity index is 3.16. The Hall–Kier alpha value is -1.10. The van der Waals surface area contributed by atoms with Crippen molar-refractivity contribution < 1.29 is 15.0 Å². The Morgan fingerprint density at radius 3 is 2.71 bits per heavy atom. The smallest absolute Gasteiger partial charge is 0.325 e. The zero-order chi connectivity index (χ0) is 10.7. The average Bonchev–Trinajstić information content (AvgIpc) is 2.16. The third-order valence-electron chi connectivity index (χ3n) is 1.88. The first-order valence-corrected chi connectivity index (χ1v) is 4.31. The summed E-state index contributed by atoms with van der Waals surface area (Å²) in [5, 5.41) is 18.0. The molecule has 0 aliphatic rings. The van der Waals surface area contributed by atoms with Gasteiger partial charge in [-0.25, -0.2) is 0 Å². The molecule has 0 amide bonds. The van der Waals surface area contributed by atoms with E-state index in [-0.39, 0.29) is 6.61 Å². The molecular weight excluding hydrogens is 206 g/mol. The number of aliphatic carboxylic acids is 1. The number of aliphatic hydroxyl groups excluding tert-OH is 1. The average molecular weight is 216 g/mol. The van der Waals surface area contributed by atoms with E-state index in [1.807, 2.05) is 0 Å². The Kier molecular flexibility index (Phi) is 3.46. The molecule has 76 valence electrons. The number of nitrogens with two attached hydrogens (primary N) is 1. The van der Waals surface area contributed by atoms with Gasteiger partial charge in [0.25, 0.3) is 0 Å². The van der Waals surface area contributed by atoms with Crippen LogP contribution in [-0.2, 0) is 11.4 Å². The number of hydrogen-bond acceptors (Lipinski definition) is 3. The topological polar surface area (TPSA) is 83.6 Å². The van der Waals surface area contributed by atoms with Crippen molar-refractivity contribution in [2.75, 3.05) is 0 Å². The van der Waals surface area contributed by atoms with Gasteiger partial charge >= 0.3 is 5.97 Å². The molecule has 0 spiro atoms. The van der Waals surface area contributed by atoms with Crippen LogP contribution in [0.5, 0.6) is 0 Å². The maximum absolute atomic E-state index is 10.6. The molecule has 0 saturated heterocycles. The highest BCUT2D eigenvalue weighted by molar-refractivity contribution is 6.30. The summed E-state index contributed by atoms with van der Waals surface area (Å²) in [6, 6.07) is 3.42. The number of carboxylic acids is 1. The van der Waals surface area contributed by atoms with Gasteiger partial charge in [0.15, 0.2) is 0 Å². The van der Waals surface area contributed by atoms with Gasteiger partial charge in [-0.05, 0) is 23.3 Å². The Labute approximate surface area is 85.9 Å². The van der Waals surface area contributed by atoms with Gasteiger partial charge in [0.1, 0.15) is 6.04 Å². The normalized spacial score (nSPS) is 12.5. The van der Waals surface area contributed by atoms with E-state index in [2.05, 4.69) is 0 Å². The molecule has 0 aliphatic heterocycles. The first-order chi connectivity index (χ1) is 6.56. The van der Waals surface area contributed by atoms with E-state index in [0.717, 1.165) is 0 Å². The molecule has 0 saturated carbocycles. The summed E-state index contributed by atoms with van der Waals surface area (Å²) < 4.78 is 0. The van der Waals surface area contributed by atoms with Crippen LogP contribution in [0.3, 0.4) is 0 Å². The molecule has 1 aromatic rings. The summed E-state index contributed by atoms with van der Waals surface area (Å²) in [6.45, 7) is -0.256. The number of carbonyl (C=O) groups is 1. The molecule has 0 bridgehead atoms. The number of halogens is 1. The van der Waals surface area contributed by atoms with Crippen LogP contribution in [0.15, 0.2) is 18.2 Å². The molecular formula is C9H10ClNO3. The molecule has 0 fully saturated rings. The van der Waals surface area contributed by atoms with E-state index < -0.39 is 12.0 Å². The van der Waals surface area contributed by atoms with Crippen LogP contribution in [0.25, 0.3) is 0 Å². The number of carboxylic acid groups (broad SMARTS) is 1. The third kappa shape index (κ3) is 2.23. The zero-order valence-electron chi connectivity index (χ0n) is 7.27. The lowest BCUT2D eigenvalue weighted by Gasteiger charge is -2.11. The van der Waals surface area contributed by atoms with Crippen molar-refractivity contribution in [3.63, 3.8) is 0 Å². The van der Waals surface area contributed by atoms with Crippen LogP contribution in [0.2, 0.25) is 5.02 Å². The monoisotopic (exact) mass is 215 g/mol. The minimum absolute atomic E-state index is 0.256. The second-order valence-corrected chi connectivity index (χ2v) is 3.25. The van der Waals surface area contributed by atoms with Crippen molar-refractivity contribution >= 4 is 17.6 Å². The summed E-state index contributed by atoms with van der Waals surface area (Å²) in [4.78, 5) is 10.6. The van der Waals surface area contributed by atoms with Crippen LogP contribution in [0.4, 0.5) is 0 Å². The summed E-state index contributed by atoms with van der Waals surface area (Å²) in [5.74, 6) is -1.15. The van der Waals surface area contributed by atoms with Crippen molar-refractivity contribution in [2.24, 2.45) is 5.73 Å². The van der Waals surface area contributed by atoms with Crippen molar-refractivity contribution in [3.05, 3.63) is 34.3 Å². The number of hydrogen-bond donors (Lipinski definition) is 3. The number of benzene rings is 1. The van der Waals surface area contributed by atoms with Crippen LogP contribution in [0.1, 0.15) is 17.2 Å². The zero-order valence-corrected chi connectivity index (χ0v) is 8.03. The number of aliphatic hydroxyl groups is 1. The van der Waals surface area contributed by atoms with Crippen LogP contribution < -0.4 is 5.73 Å². The predicted octanol–water partition coefficient (Wildman–Crippen LogP) is 0.917. The maximum atomic E-state index is 10.6.